The van der Waals surface area contributed by atoms with Crippen molar-refractivity contribution in [1.82, 2.24) is 0 Å². The summed E-state index contributed by atoms with van der Waals surface area (Å²) in [6.07, 6.45) is 6.15. The van der Waals surface area contributed by atoms with Crippen LogP contribution in [0.25, 0.3) is 0 Å². The second-order valence-electron chi connectivity index (χ2n) is 4.53. The Morgan fingerprint density at radius 1 is 0.958 bits per heavy atom. The fraction of sp³-hybridized carbons (Fsp3) is 0.125. The Balaban J connectivity index is 2.75. The maximum absolute atomic E-state index is 12.3. The molecule has 1 heterocycles. The minimum atomic E-state index is -0.756. The van der Waals surface area contributed by atoms with Gasteiger partial charge in [0.2, 0.25) is 0 Å². The molecule has 0 N–H and O–H groups in total. The molecule has 5 nitrogen and oxygen atoms in total. The molecule has 1 aliphatic heterocycles. The molecule has 0 unspecified atom stereocenters. The van der Waals surface area contributed by atoms with E-state index in [1.807, 2.05) is 0 Å². The predicted molar refractivity (Wildman–Crippen MR) is 93.3 cm³/mol. The second kappa shape index (κ2) is 7.75. The summed E-state index contributed by atoms with van der Waals surface area (Å²) < 4.78 is 9.54. The molecule has 0 radical (unpaired) electrons. The minimum absolute atomic E-state index is 0.00330. The number of allylic oxidation sites excluding steroid dienone is 2. The Labute approximate surface area is 153 Å². The van der Waals surface area contributed by atoms with Crippen LogP contribution in [0.1, 0.15) is 0 Å². The molecular formula is C16H12Cl3NO4. The fourth-order valence-electron chi connectivity index (χ4n) is 2.10. The van der Waals surface area contributed by atoms with Crippen LogP contribution < -0.4 is 4.90 Å². The van der Waals surface area contributed by atoms with Gasteiger partial charge in [0.25, 0.3) is 0 Å². The molecule has 0 aromatic heterocycles. The van der Waals surface area contributed by atoms with Gasteiger partial charge in [0, 0.05) is 11.2 Å². The highest BCUT2D eigenvalue weighted by molar-refractivity contribution is 6.42. The van der Waals surface area contributed by atoms with Gasteiger partial charge in [-0.15, -0.1) is 0 Å². The van der Waals surface area contributed by atoms with Crippen molar-refractivity contribution in [1.29, 1.82) is 0 Å². The van der Waals surface area contributed by atoms with Gasteiger partial charge in [-0.25, -0.2) is 9.59 Å². The van der Waals surface area contributed by atoms with Gasteiger partial charge in [0.15, 0.2) is 0 Å². The lowest BCUT2D eigenvalue weighted by atomic mass is 10.1. The minimum Gasteiger partial charge on any atom is -0.465 e. The van der Waals surface area contributed by atoms with Gasteiger partial charge in [-0.2, -0.15) is 0 Å². The number of anilines is 1. The van der Waals surface area contributed by atoms with E-state index in [1.54, 1.807) is 12.2 Å². The zero-order valence-electron chi connectivity index (χ0n) is 12.7. The summed E-state index contributed by atoms with van der Waals surface area (Å²) in [4.78, 5) is 25.7. The lowest BCUT2D eigenvalue weighted by Crippen LogP contribution is -2.27. The first-order valence-corrected chi connectivity index (χ1v) is 7.73. The number of halogens is 3. The molecule has 24 heavy (non-hydrogen) atoms. The number of benzene rings is 1. The number of nitrogens with zero attached hydrogens (tertiary/aromatic N) is 1. The molecule has 0 saturated heterocycles. The molecule has 0 saturated carbocycles. The van der Waals surface area contributed by atoms with E-state index in [0.717, 1.165) is 0 Å². The largest absolute Gasteiger partial charge is 0.465 e. The van der Waals surface area contributed by atoms with E-state index in [9.17, 15) is 9.59 Å². The third kappa shape index (κ3) is 3.59. The normalized spacial score (nSPS) is 13.8. The Kier molecular flexibility index (Phi) is 5.94. The summed E-state index contributed by atoms with van der Waals surface area (Å²) in [5.74, 6) is -1.46. The molecule has 2 rings (SSSR count). The van der Waals surface area contributed by atoms with Crippen LogP contribution >= 0.6 is 34.8 Å². The zero-order chi connectivity index (χ0) is 17.9. The van der Waals surface area contributed by atoms with Gasteiger partial charge < -0.3 is 14.4 Å². The predicted octanol–water partition coefficient (Wildman–Crippen LogP) is 4.14. The van der Waals surface area contributed by atoms with Gasteiger partial charge >= 0.3 is 11.9 Å². The molecule has 126 valence electrons. The van der Waals surface area contributed by atoms with Crippen LogP contribution in [0, 0.1) is 0 Å². The van der Waals surface area contributed by atoms with Crippen molar-refractivity contribution < 1.29 is 19.1 Å². The van der Waals surface area contributed by atoms with Gasteiger partial charge in [-0.1, -0.05) is 40.9 Å². The Morgan fingerprint density at radius 2 is 1.54 bits per heavy atom. The highest BCUT2D eigenvalue weighted by atomic mass is 35.5. The zero-order valence-corrected chi connectivity index (χ0v) is 14.9. The van der Waals surface area contributed by atoms with Gasteiger partial charge in [-0.05, 0) is 24.3 Å². The lowest BCUT2D eigenvalue weighted by Gasteiger charge is -2.25. The first-order chi connectivity index (χ1) is 11.4. The first-order valence-electron chi connectivity index (χ1n) is 6.60. The number of carbonyl (C=O) groups excluding carboxylic acids is 2. The van der Waals surface area contributed by atoms with E-state index < -0.39 is 11.9 Å². The van der Waals surface area contributed by atoms with E-state index in [-0.39, 0.29) is 27.0 Å². The highest BCUT2D eigenvalue weighted by Crippen LogP contribution is 2.39. The van der Waals surface area contributed by atoms with Crippen LogP contribution in [0.15, 0.2) is 47.8 Å². The Hall–Kier alpha value is -1.95. The molecule has 0 amide bonds. The molecule has 0 fully saturated rings. The summed E-state index contributed by atoms with van der Waals surface area (Å²) >= 11 is 18.4. The van der Waals surface area contributed by atoms with Gasteiger partial charge in [0.05, 0.1) is 35.5 Å². The first kappa shape index (κ1) is 18.4. The van der Waals surface area contributed by atoms with Crippen molar-refractivity contribution in [2.24, 2.45) is 0 Å². The number of hydrogen-bond acceptors (Lipinski definition) is 5. The maximum Gasteiger partial charge on any atom is 0.355 e. The molecule has 1 aromatic carbocycles. The van der Waals surface area contributed by atoms with E-state index in [4.69, 9.17) is 44.3 Å². The van der Waals surface area contributed by atoms with E-state index >= 15 is 0 Å². The number of rotatable bonds is 3. The third-order valence-electron chi connectivity index (χ3n) is 3.11. The van der Waals surface area contributed by atoms with Crippen LogP contribution in [-0.2, 0) is 19.1 Å². The summed E-state index contributed by atoms with van der Waals surface area (Å²) in [7, 11) is 2.41. The molecule has 0 aliphatic carbocycles. The van der Waals surface area contributed by atoms with Crippen LogP contribution in [-0.4, -0.2) is 26.2 Å². The van der Waals surface area contributed by atoms with Crippen molar-refractivity contribution >= 4 is 52.4 Å². The number of hydrogen-bond donors (Lipinski definition) is 0. The van der Waals surface area contributed by atoms with Crippen molar-refractivity contribution in [2.45, 2.75) is 0 Å². The summed E-state index contributed by atoms with van der Waals surface area (Å²) in [5.41, 5.74) is 0.196. The average Bonchev–Trinajstić information content (AvgIpc) is 2.75. The smallest absolute Gasteiger partial charge is 0.355 e. The number of esters is 2. The number of ether oxygens (including phenoxy) is 2. The fourth-order valence-corrected chi connectivity index (χ4v) is 3.10. The molecule has 0 bridgehead atoms. The molecule has 0 spiro atoms. The SMILES string of the molecule is COC(=O)C1=C(C(=O)OC)N(c2c(Cl)cc(Cl)cc2Cl)C=CC=C1. The molecule has 1 aromatic rings. The highest BCUT2D eigenvalue weighted by Gasteiger charge is 2.29. The van der Waals surface area contributed by atoms with E-state index in [2.05, 4.69) is 0 Å². The maximum atomic E-state index is 12.3. The summed E-state index contributed by atoms with van der Waals surface area (Å²) in [5, 5.41) is 0.733. The molecule has 8 heteroatoms. The molecule has 0 atom stereocenters. The summed E-state index contributed by atoms with van der Waals surface area (Å²) in [6.45, 7) is 0. The molecule has 1 aliphatic rings. The van der Waals surface area contributed by atoms with Crippen LogP contribution in [0.2, 0.25) is 15.1 Å². The monoisotopic (exact) mass is 387 g/mol. The second-order valence-corrected chi connectivity index (χ2v) is 5.78. The average molecular weight is 389 g/mol. The topological polar surface area (TPSA) is 55.8 Å². The van der Waals surface area contributed by atoms with Crippen molar-refractivity contribution in [3.05, 3.63) is 62.9 Å². The molecular weight excluding hydrogens is 377 g/mol. The Bertz CT molecular complexity index is 761. The number of methoxy groups -OCH3 is 2. The van der Waals surface area contributed by atoms with E-state index in [1.165, 1.54) is 43.5 Å². The quantitative estimate of drug-likeness (QED) is 0.729. The summed E-state index contributed by atoms with van der Waals surface area (Å²) in [6, 6.07) is 2.95. The van der Waals surface area contributed by atoms with E-state index in [0.29, 0.717) is 5.02 Å². The standard InChI is InChI=1S/C16H12Cl3NO4/c1-23-15(21)10-5-3-4-6-20(13(10)16(22)24-2)14-11(18)7-9(17)8-12(14)19/h3-8H,1-2H3. The van der Waals surface area contributed by atoms with Crippen molar-refractivity contribution in [3.8, 4) is 0 Å². The number of carbonyl (C=O) groups is 2. The van der Waals surface area contributed by atoms with Crippen molar-refractivity contribution in [3.63, 3.8) is 0 Å². The van der Waals surface area contributed by atoms with Crippen molar-refractivity contribution in [2.75, 3.05) is 19.1 Å². The Morgan fingerprint density at radius 3 is 2.08 bits per heavy atom. The van der Waals surface area contributed by atoms with Gasteiger partial charge in [-0.3, -0.25) is 0 Å². The van der Waals surface area contributed by atoms with Crippen LogP contribution in [0.3, 0.4) is 0 Å². The van der Waals surface area contributed by atoms with Crippen LogP contribution in [0.5, 0.6) is 0 Å². The van der Waals surface area contributed by atoms with Gasteiger partial charge in [0.1, 0.15) is 5.70 Å². The third-order valence-corrected chi connectivity index (χ3v) is 3.91. The lowest BCUT2D eigenvalue weighted by molar-refractivity contribution is -0.139. The van der Waals surface area contributed by atoms with Crippen LogP contribution in [0.4, 0.5) is 5.69 Å².